The predicted molar refractivity (Wildman–Crippen MR) is 103 cm³/mol. The molecular weight excluding hydrogens is 320 g/mol. The number of anilines is 2. The number of ether oxygens (including phenoxy) is 1. The fraction of sp³-hybridized carbons (Fsp3) is 0.611. The van der Waals surface area contributed by atoms with E-state index in [2.05, 4.69) is 39.8 Å². The molecule has 2 saturated heterocycles. The first-order valence-corrected chi connectivity index (χ1v) is 9.53. The molecule has 3 N–H and O–H groups in total. The second-order valence-corrected chi connectivity index (χ2v) is 7.00. The van der Waals surface area contributed by atoms with Gasteiger partial charge < -0.3 is 25.2 Å². The van der Waals surface area contributed by atoms with Crippen molar-refractivity contribution >= 4 is 28.7 Å². The Bertz CT molecular complexity index is 510. The number of thiocarbonyl (C=S) groups is 1. The van der Waals surface area contributed by atoms with E-state index in [1.54, 1.807) is 4.90 Å². The molecule has 5 nitrogen and oxygen atoms in total. The van der Waals surface area contributed by atoms with E-state index in [9.17, 15) is 0 Å². The maximum atomic E-state index is 5.39. The second kappa shape index (κ2) is 9.20. The van der Waals surface area contributed by atoms with Gasteiger partial charge in [-0.25, -0.2) is 0 Å². The molecule has 0 bridgehead atoms. The van der Waals surface area contributed by atoms with Crippen LogP contribution in [0.3, 0.4) is 0 Å². The molecule has 0 saturated carbocycles. The highest BCUT2D eigenvalue weighted by molar-refractivity contribution is 7.80. The van der Waals surface area contributed by atoms with E-state index in [1.165, 1.54) is 38.0 Å². The minimum atomic E-state index is 0.702. The molecular formula is C18H29N4OS+. The van der Waals surface area contributed by atoms with Gasteiger partial charge in [-0.3, -0.25) is 0 Å². The van der Waals surface area contributed by atoms with Crippen LogP contribution in [0.4, 0.5) is 11.4 Å². The van der Waals surface area contributed by atoms with Crippen LogP contribution in [0, 0.1) is 0 Å². The third-order valence-electron chi connectivity index (χ3n) is 4.81. The van der Waals surface area contributed by atoms with E-state index < -0.39 is 0 Å². The number of hydrogen-bond acceptors (Lipinski definition) is 3. The summed E-state index contributed by atoms with van der Waals surface area (Å²) in [5, 5.41) is 7.28. The highest BCUT2D eigenvalue weighted by Crippen LogP contribution is 2.21. The topological polar surface area (TPSA) is 41.0 Å². The Hall–Kier alpha value is -1.37. The quantitative estimate of drug-likeness (QED) is 0.689. The van der Waals surface area contributed by atoms with Crippen LogP contribution >= 0.6 is 12.2 Å². The van der Waals surface area contributed by atoms with Gasteiger partial charge in [-0.15, -0.1) is 0 Å². The van der Waals surface area contributed by atoms with Gasteiger partial charge in [0, 0.05) is 24.5 Å². The molecule has 132 valence electrons. The van der Waals surface area contributed by atoms with Crippen molar-refractivity contribution in [1.29, 1.82) is 0 Å². The summed E-state index contributed by atoms with van der Waals surface area (Å²) in [7, 11) is 0. The average molecular weight is 350 g/mol. The third-order valence-corrected chi connectivity index (χ3v) is 5.06. The number of nitrogens with zero attached hydrogens (tertiary/aromatic N) is 1. The maximum absolute atomic E-state index is 5.39. The molecule has 6 heteroatoms. The van der Waals surface area contributed by atoms with Crippen LogP contribution in [0.2, 0.25) is 0 Å². The van der Waals surface area contributed by atoms with Crippen LogP contribution in [-0.2, 0) is 4.74 Å². The Labute approximate surface area is 150 Å². The maximum Gasteiger partial charge on any atom is 0.170 e. The van der Waals surface area contributed by atoms with Crippen molar-refractivity contribution in [3.8, 4) is 0 Å². The number of hydrogen-bond donors (Lipinski definition) is 3. The number of morpholine rings is 1. The molecule has 0 aliphatic carbocycles. The lowest BCUT2D eigenvalue weighted by atomic mass is 10.1. The fourth-order valence-corrected chi connectivity index (χ4v) is 3.57. The lowest BCUT2D eigenvalue weighted by Crippen LogP contribution is -3.14. The van der Waals surface area contributed by atoms with Crippen molar-refractivity contribution in [2.75, 3.05) is 62.7 Å². The molecule has 2 fully saturated rings. The van der Waals surface area contributed by atoms with Gasteiger partial charge in [-0.05, 0) is 55.7 Å². The van der Waals surface area contributed by atoms with Crippen LogP contribution in [0.25, 0.3) is 0 Å². The van der Waals surface area contributed by atoms with Gasteiger partial charge in [0.15, 0.2) is 5.11 Å². The Kier molecular flexibility index (Phi) is 6.69. The summed E-state index contributed by atoms with van der Waals surface area (Å²) in [4.78, 5) is 4.05. The van der Waals surface area contributed by atoms with Crippen molar-refractivity contribution < 1.29 is 9.64 Å². The highest BCUT2D eigenvalue weighted by atomic mass is 32.1. The largest absolute Gasteiger partial charge is 0.372 e. The zero-order chi connectivity index (χ0) is 16.6. The molecule has 0 aromatic heterocycles. The molecule has 2 aliphatic rings. The zero-order valence-corrected chi connectivity index (χ0v) is 15.2. The summed E-state index contributed by atoms with van der Waals surface area (Å²) < 4.78 is 5.38. The lowest BCUT2D eigenvalue weighted by Gasteiger charge is -2.28. The first kappa shape index (κ1) is 17.5. The smallest absolute Gasteiger partial charge is 0.170 e. The second-order valence-electron chi connectivity index (χ2n) is 6.59. The Balaban J connectivity index is 1.39. The van der Waals surface area contributed by atoms with Crippen molar-refractivity contribution in [1.82, 2.24) is 5.32 Å². The molecule has 24 heavy (non-hydrogen) atoms. The standard InChI is InChI=1S/C18H28N4OS/c24-18(19-8-11-21-12-14-23-15-13-21)20-16-4-6-17(7-5-16)22-9-2-1-3-10-22/h4-7H,1-3,8-15H2,(H2,19,20,24)/p+1. The van der Waals surface area contributed by atoms with Gasteiger partial charge >= 0.3 is 0 Å². The summed E-state index contributed by atoms with van der Waals surface area (Å²) >= 11 is 5.39. The van der Waals surface area contributed by atoms with Gasteiger partial charge in [-0.1, -0.05) is 0 Å². The van der Waals surface area contributed by atoms with Gasteiger partial charge in [0.05, 0.1) is 26.3 Å². The molecule has 0 unspecified atom stereocenters. The van der Waals surface area contributed by atoms with E-state index in [0.717, 1.165) is 45.1 Å². The molecule has 0 amide bonds. The Morgan fingerprint density at radius 3 is 2.50 bits per heavy atom. The SMILES string of the molecule is S=C(NCC[NH+]1CCOCC1)Nc1ccc(N2CCCCC2)cc1. The predicted octanol–water partition coefficient (Wildman–Crippen LogP) is 0.878. The zero-order valence-electron chi connectivity index (χ0n) is 14.4. The van der Waals surface area contributed by atoms with Crippen molar-refractivity contribution in [3.05, 3.63) is 24.3 Å². The number of nitrogens with one attached hydrogen (secondary N) is 3. The molecule has 2 heterocycles. The van der Waals surface area contributed by atoms with Gasteiger partial charge in [0.1, 0.15) is 13.1 Å². The van der Waals surface area contributed by atoms with Crippen LogP contribution < -0.4 is 20.4 Å². The number of piperidine rings is 1. The van der Waals surface area contributed by atoms with Crippen LogP contribution in [0.5, 0.6) is 0 Å². The number of benzene rings is 1. The molecule has 1 aromatic carbocycles. The van der Waals surface area contributed by atoms with E-state index in [0.29, 0.717) is 5.11 Å². The van der Waals surface area contributed by atoms with E-state index in [1.807, 2.05) is 0 Å². The van der Waals surface area contributed by atoms with Gasteiger partial charge in [0.25, 0.3) is 0 Å². The minimum absolute atomic E-state index is 0.702. The minimum Gasteiger partial charge on any atom is -0.372 e. The molecule has 0 radical (unpaired) electrons. The fourth-order valence-electron chi connectivity index (χ4n) is 3.35. The normalized spacial score (nSPS) is 19.1. The summed E-state index contributed by atoms with van der Waals surface area (Å²) in [6.45, 7) is 8.28. The first-order valence-electron chi connectivity index (χ1n) is 9.12. The van der Waals surface area contributed by atoms with Crippen LogP contribution in [-0.4, -0.2) is 57.6 Å². The number of rotatable bonds is 5. The Morgan fingerprint density at radius 2 is 1.79 bits per heavy atom. The first-order chi connectivity index (χ1) is 11.8. The van der Waals surface area contributed by atoms with Crippen molar-refractivity contribution in [2.45, 2.75) is 19.3 Å². The van der Waals surface area contributed by atoms with E-state index >= 15 is 0 Å². The molecule has 3 rings (SSSR count). The van der Waals surface area contributed by atoms with Gasteiger partial charge in [0.2, 0.25) is 0 Å². The molecule has 0 atom stereocenters. The van der Waals surface area contributed by atoms with Crippen LogP contribution in [0.1, 0.15) is 19.3 Å². The monoisotopic (exact) mass is 349 g/mol. The van der Waals surface area contributed by atoms with Crippen LogP contribution in [0.15, 0.2) is 24.3 Å². The molecule has 1 aromatic rings. The Morgan fingerprint density at radius 1 is 1.08 bits per heavy atom. The summed E-state index contributed by atoms with van der Waals surface area (Å²) in [5.74, 6) is 0. The summed E-state index contributed by atoms with van der Waals surface area (Å²) in [5.41, 5.74) is 2.36. The van der Waals surface area contributed by atoms with E-state index in [-0.39, 0.29) is 0 Å². The van der Waals surface area contributed by atoms with Crippen molar-refractivity contribution in [3.63, 3.8) is 0 Å². The number of quaternary nitrogens is 1. The van der Waals surface area contributed by atoms with Gasteiger partial charge in [-0.2, -0.15) is 0 Å². The summed E-state index contributed by atoms with van der Waals surface area (Å²) in [6.07, 6.45) is 3.97. The highest BCUT2D eigenvalue weighted by Gasteiger charge is 2.13. The third kappa shape index (κ3) is 5.33. The van der Waals surface area contributed by atoms with E-state index in [4.69, 9.17) is 17.0 Å². The molecule has 0 spiro atoms. The average Bonchev–Trinajstić information content (AvgIpc) is 2.64. The molecule has 2 aliphatic heterocycles. The summed E-state index contributed by atoms with van der Waals surface area (Å²) in [6, 6.07) is 8.61. The lowest BCUT2D eigenvalue weighted by molar-refractivity contribution is -0.906. The van der Waals surface area contributed by atoms with Crippen molar-refractivity contribution in [2.24, 2.45) is 0 Å².